The maximum Gasteiger partial charge on any atom is -0.0590 e. The molecule has 0 saturated carbocycles. The van der Waals surface area contributed by atoms with Crippen molar-refractivity contribution in [1.29, 1.82) is 0 Å². The Morgan fingerprint density at radius 2 is 0.200 bits per heavy atom. The predicted octanol–water partition coefficient (Wildman–Crippen LogP) is 12.0. The van der Waals surface area contributed by atoms with Crippen molar-refractivity contribution in [3.8, 4) is 0 Å². The molecule has 0 bridgehead atoms. The molecule has 0 spiro atoms. The van der Waals surface area contributed by atoms with Gasteiger partial charge in [0.2, 0.25) is 0 Å². The van der Waals surface area contributed by atoms with Gasteiger partial charge in [-0.15, -0.1) is 0 Å². The van der Waals surface area contributed by atoms with Crippen LogP contribution in [0.2, 0.25) is 0 Å². The topological polar surface area (TPSA) is 0 Å². The van der Waals surface area contributed by atoms with E-state index in [0.717, 1.165) is 0 Å². The van der Waals surface area contributed by atoms with Gasteiger partial charge in [-0.2, -0.15) is 0 Å². The first-order valence-corrected chi connectivity index (χ1v) is 11.9. The van der Waals surface area contributed by atoms with E-state index in [1.165, 1.54) is 44.9 Å². The normalized spacial score (nSPS) is 5.52. The molecule has 0 unspecified atom stereocenters. The van der Waals surface area contributed by atoms with Crippen molar-refractivity contribution in [2.24, 2.45) is 0 Å². The molecule has 0 aliphatic carbocycles. The first-order valence-electron chi connectivity index (χ1n) is 11.9. The molecule has 168 valence electrons. The second kappa shape index (κ2) is 259. The molecular formula is C25H68. The van der Waals surface area contributed by atoms with E-state index in [0.29, 0.717) is 0 Å². The molecule has 0 radical (unpaired) electrons. The van der Waals surface area contributed by atoms with E-state index in [9.17, 15) is 0 Å². The molecule has 0 aromatic heterocycles. The summed E-state index contributed by atoms with van der Waals surface area (Å²) >= 11 is 0. The molecule has 0 N–H and O–H groups in total. The summed E-state index contributed by atoms with van der Waals surface area (Å²) in [6.45, 7) is 37.8. The minimum absolute atomic E-state index is 1.25. The summed E-state index contributed by atoms with van der Waals surface area (Å²) in [5, 5.41) is 0. The van der Waals surface area contributed by atoms with Crippen LogP contribution in [0.1, 0.15) is 170 Å². The van der Waals surface area contributed by atoms with Gasteiger partial charge in [-0.1, -0.05) is 170 Å². The standard InChI is InChI=1S/7C3H8.2C2H6/c7*1-3-2;2*1-2/h7*3H2,1-2H3;2*1-2H3. The van der Waals surface area contributed by atoms with Crippen LogP contribution in [0.5, 0.6) is 0 Å². The fourth-order valence-corrected chi connectivity index (χ4v) is 0. The minimum Gasteiger partial charge on any atom is -0.0683 e. The van der Waals surface area contributed by atoms with Crippen molar-refractivity contribution in [3.63, 3.8) is 0 Å². The van der Waals surface area contributed by atoms with E-state index in [2.05, 4.69) is 96.9 Å². The Labute approximate surface area is 170 Å². The first-order chi connectivity index (χ1) is 11.9. The van der Waals surface area contributed by atoms with Crippen LogP contribution in [0.25, 0.3) is 0 Å². The highest BCUT2D eigenvalue weighted by molar-refractivity contribution is 3.94. The lowest BCUT2D eigenvalue weighted by Gasteiger charge is -1.48. The van der Waals surface area contributed by atoms with Gasteiger partial charge in [-0.3, -0.25) is 0 Å². The zero-order valence-electron chi connectivity index (χ0n) is 22.9. The molecular weight excluding hydrogens is 300 g/mol. The monoisotopic (exact) mass is 369 g/mol. The summed E-state index contributed by atoms with van der Waals surface area (Å²) in [5.41, 5.74) is 0. The van der Waals surface area contributed by atoms with E-state index < -0.39 is 0 Å². The molecule has 0 heteroatoms. The Balaban J connectivity index is -0.0000000165. The Morgan fingerprint density at radius 1 is 0.200 bits per heavy atom. The summed E-state index contributed by atoms with van der Waals surface area (Å²) in [6, 6.07) is 0. The molecule has 0 aliphatic heterocycles. The largest absolute Gasteiger partial charge is 0.0683 e. The highest BCUT2D eigenvalue weighted by Crippen LogP contribution is 1.58. The minimum atomic E-state index is 1.25. The van der Waals surface area contributed by atoms with Crippen LogP contribution >= 0.6 is 0 Å². The molecule has 0 amide bonds. The lowest BCUT2D eigenvalue weighted by atomic mass is 10.6. The molecule has 25 heavy (non-hydrogen) atoms. The summed E-state index contributed by atoms with van der Waals surface area (Å²) in [5.74, 6) is 0. The number of rotatable bonds is 0. The van der Waals surface area contributed by atoms with Crippen LogP contribution in [0.3, 0.4) is 0 Å². The molecule has 0 heterocycles. The fraction of sp³-hybridized carbons (Fsp3) is 1.00. The van der Waals surface area contributed by atoms with Gasteiger partial charge in [0.15, 0.2) is 0 Å². The third-order valence-corrected chi connectivity index (χ3v) is 0. The number of hydrogen-bond donors (Lipinski definition) is 0. The zero-order chi connectivity index (χ0) is 22.9. The van der Waals surface area contributed by atoms with Crippen molar-refractivity contribution in [3.05, 3.63) is 0 Å². The van der Waals surface area contributed by atoms with Crippen molar-refractivity contribution in [2.75, 3.05) is 0 Å². The van der Waals surface area contributed by atoms with Crippen LogP contribution in [0, 0.1) is 0 Å². The molecule has 0 aromatic carbocycles. The maximum absolute atomic E-state index is 2.12. The van der Waals surface area contributed by atoms with Crippen LogP contribution in [0.15, 0.2) is 0 Å². The van der Waals surface area contributed by atoms with Gasteiger partial charge in [0.05, 0.1) is 0 Å². The SMILES string of the molecule is CC.CC.CCC.CCC.CCC.CCC.CCC.CCC.CCC. The van der Waals surface area contributed by atoms with Gasteiger partial charge < -0.3 is 0 Å². The third-order valence-electron chi connectivity index (χ3n) is 0. The Kier molecular flexibility index (Phi) is 583. The van der Waals surface area contributed by atoms with Gasteiger partial charge in [-0.05, 0) is 0 Å². The second-order valence-electron chi connectivity index (χ2n) is 4.95. The van der Waals surface area contributed by atoms with Gasteiger partial charge in [0.25, 0.3) is 0 Å². The van der Waals surface area contributed by atoms with Crippen LogP contribution in [-0.4, -0.2) is 0 Å². The highest BCUT2D eigenvalue weighted by Gasteiger charge is 1.37. The summed E-state index contributed by atoms with van der Waals surface area (Å²) in [7, 11) is 0. The maximum atomic E-state index is 2.12. The van der Waals surface area contributed by atoms with Crippen LogP contribution < -0.4 is 0 Å². The Hall–Kier alpha value is 0. The lowest BCUT2D eigenvalue weighted by Crippen LogP contribution is -1.27. The second-order valence-corrected chi connectivity index (χ2v) is 4.95. The molecule has 0 fully saturated rings. The molecule has 0 nitrogen and oxygen atoms in total. The van der Waals surface area contributed by atoms with Crippen LogP contribution in [-0.2, 0) is 0 Å². The molecule has 0 atom stereocenters. The Morgan fingerprint density at radius 3 is 0.200 bits per heavy atom. The Bertz CT molecular complexity index is 19.7. The smallest absolute Gasteiger partial charge is 0.0590 e. The quantitative estimate of drug-likeness (QED) is 0.398. The summed E-state index contributed by atoms with van der Waals surface area (Å²) in [6.07, 6.45) is 8.75. The summed E-state index contributed by atoms with van der Waals surface area (Å²) in [4.78, 5) is 0. The zero-order valence-corrected chi connectivity index (χ0v) is 22.9. The first kappa shape index (κ1) is 56.2. The molecule has 0 aliphatic rings. The predicted molar refractivity (Wildman–Crippen MR) is 134 cm³/mol. The molecule has 0 saturated heterocycles. The lowest BCUT2D eigenvalue weighted by molar-refractivity contribution is 1.09. The van der Waals surface area contributed by atoms with E-state index in [-0.39, 0.29) is 0 Å². The van der Waals surface area contributed by atoms with Crippen molar-refractivity contribution in [2.45, 2.75) is 170 Å². The van der Waals surface area contributed by atoms with E-state index >= 15 is 0 Å². The highest BCUT2D eigenvalue weighted by atomic mass is 13.4. The van der Waals surface area contributed by atoms with Crippen molar-refractivity contribution in [1.82, 2.24) is 0 Å². The average molecular weight is 369 g/mol. The van der Waals surface area contributed by atoms with Crippen molar-refractivity contribution >= 4 is 0 Å². The van der Waals surface area contributed by atoms with Crippen LogP contribution in [0.4, 0.5) is 0 Å². The summed E-state index contributed by atoms with van der Waals surface area (Å²) < 4.78 is 0. The van der Waals surface area contributed by atoms with Crippen molar-refractivity contribution < 1.29 is 0 Å². The molecule has 0 aromatic rings. The fourth-order valence-electron chi connectivity index (χ4n) is 0. The third kappa shape index (κ3) is 0. The van der Waals surface area contributed by atoms with Gasteiger partial charge in [-0.25, -0.2) is 0 Å². The van der Waals surface area contributed by atoms with Gasteiger partial charge in [0.1, 0.15) is 0 Å². The average Bonchev–Trinajstić information content (AvgIpc) is 2.56. The van der Waals surface area contributed by atoms with Gasteiger partial charge >= 0.3 is 0 Å². The molecule has 0 rings (SSSR count). The van der Waals surface area contributed by atoms with Gasteiger partial charge in [0, 0.05) is 0 Å². The van der Waals surface area contributed by atoms with E-state index in [4.69, 9.17) is 0 Å². The van der Waals surface area contributed by atoms with E-state index in [1.54, 1.807) is 0 Å². The number of hydrogen-bond acceptors (Lipinski definition) is 0. The van der Waals surface area contributed by atoms with E-state index in [1.807, 2.05) is 27.7 Å².